The van der Waals surface area contributed by atoms with Gasteiger partial charge in [0.15, 0.2) is 0 Å². The molecule has 0 radical (unpaired) electrons. The van der Waals surface area contributed by atoms with Crippen molar-refractivity contribution in [2.24, 2.45) is 5.73 Å². The summed E-state index contributed by atoms with van der Waals surface area (Å²) in [5.74, 6) is -1.56. The number of carbonyl (C=O) groups excluding carboxylic acids is 2. The predicted molar refractivity (Wildman–Crippen MR) is 101 cm³/mol. The zero-order chi connectivity index (χ0) is 20.3. The second kappa shape index (κ2) is 8.24. The topological polar surface area (TPSA) is 119 Å². The number of carbonyl (C=O) groups is 3. The van der Waals surface area contributed by atoms with Crippen LogP contribution in [-0.4, -0.2) is 28.3 Å². The van der Waals surface area contributed by atoms with Crippen LogP contribution < -0.4 is 15.8 Å². The van der Waals surface area contributed by atoms with Crippen molar-refractivity contribution in [3.8, 4) is 11.5 Å². The summed E-state index contributed by atoms with van der Waals surface area (Å²) in [5, 5.41) is 10.4. The van der Waals surface area contributed by atoms with Gasteiger partial charge in [-0.3, -0.25) is 19.7 Å². The largest absolute Gasteiger partial charge is 0.480 e. The van der Waals surface area contributed by atoms with Crippen molar-refractivity contribution in [2.75, 3.05) is 0 Å². The molecular formula is C19H15FN2O5S. The molecule has 1 aliphatic rings. The monoisotopic (exact) mass is 402 g/mol. The van der Waals surface area contributed by atoms with Crippen molar-refractivity contribution in [3.63, 3.8) is 0 Å². The normalized spacial score (nSPS) is 16.1. The zero-order valence-electron chi connectivity index (χ0n) is 14.3. The van der Waals surface area contributed by atoms with Crippen molar-refractivity contribution in [1.29, 1.82) is 0 Å². The Bertz CT molecular complexity index is 975. The molecule has 0 spiro atoms. The van der Waals surface area contributed by atoms with Crippen LogP contribution in [0.4, 0.5) is 9.18 Å². The number of hydrogen-bond acceptors (Lipinski definition) is 6. The molecule has 1 atom stereocenters. The highest BCUT2D eigenvalue weighted by Gasteiger charge is 2.25. The van der Waals surface area contributed by atoms with Crippen LogP contribution in [0.5, 0.6) is 11.5 Å². The lowest BCUT2D eigenvalue weighted by atomic mass is 10.1. The second-order valence-electron chi connectivity index (χ2n) is 5.93. The number of carboxylic acids is 1. The van der Waals surface area contributed by atoms with Crippen LogP contribution in [0.15, 0.2) is 47.4 Å². The van der Waals surface area contributed by atoms with E-state index in [9.17, 15) is 18.8 Å². The van der Waals surface area contributed by atoms with Crippen molar-refractivity contribution < 1.29 is 28.6 Å². The van der Waals surface area contributed by atoms with Gasteiger partial charge in [0.2, 0.25) is 0 Å². The molecule has 7 nitrogen and oxygen atoms in total. The lowest BCUT2D eigenvalue weighted by Gasteiger charge is -2.09. The molecular weight excluding hydrogens is 387 g/mol. The molecule has 1 unspecified atom stereocenters. The number of nitrogens with one attached hydrogen (secondary N) is 1. The van der Waals surface area contributed by atoms with Gasteiger partial charge >= 0.3 is 5.97 Å². The van der Waals surface area contributed by atoms with Crippen molar-refractivity contribution in [1.82, 2.24) is 5.32 Å². The summed E-state index contributed by atoms with van der Waals surface area (Å²) in [6.07, 6.45) is 1.48. The quantitative estimate of drug-likeness (QED) is 0.636. The Kier molecular flexibility index (Phi) is 5.76. The van der Waals surface area contributed by atoms with Gasteiger partial charge in [-0.25, -0.2) is 4.39 Å². The van der Waals surface area contributed by atoms with E-state index in [0.29, 0.717) is 17.5 Å². The highest BCUT2D eigenvalue weighted by Crippen LogP contribution is 2.29. The number of imide groups is 1. The first-order chi connectivity index (χ1) is 13.3. The fourth-order valence-electron chi connectivity index (χ4n) is 2.42. The summed E-state index contributed by atoms with van der Waals surface area (Å²) in [7, 11) is 0. The molecule has 2 aromatic rings. The SMILES string of the molecule is NC(Cc1ccc(Oc2ccc(C=C3SC(=O)NC3=O)c(F)c2)cc1)C(=O)O. The lowest BCUT2D eigenvalue weighted by molar-refractivity contribution is -0.138. The maximum atomic E-state index is 14.3. The second-order valence-corrected chi connectivity index (χ2v) is 6.95. The van der Waals surface area contributed by atoms with Gasteiger partial charge in [0.05, 0.1) is 4.91 Å². The van der Waals surface area contributed by atoms with E-state index in [-0.39, 0.29) is 22.6 Å². The average Bonchev–Trinajstić information content (AvgIpc) is 2.96. The third-order valence-electron chi connectivity index (χ3n) is 3.83. The summed E-state index contributed by atoms with van der Waals surface area (Å²) in [5.41, 5.74) is 6.38. The van der Waals surface area contributed by atoms with Crippen molar-refractivity contribution in [3.05, 3.63) is 64.3 Å². The smallest absolute Gasteiger partial charge is 0.320 e. The van der Waals surface area contributed by atoms with Crippen molar-refractivity contribution >= 4 is 35.0 Å². The number of nitrogens with two attached hydrogens (primary N) is 1. The minimum Gasteiger partial charge on any atom is -0.480 e. The Hall–Kier alpha value is -3.17. The molecule has 1 aliphatic heterocycles. The summed E-state index contributed by atoms with van der Waals surface area (Å²) < 4.78 is 19.9. The van der Waals surface area contributed by atoms with Crippen molar-refractivity contribution in [2.45, 2.75) is 12.5 Å². The Morgan fingerprint density at radius 2 is 1.89 bits per heavy atom. The fourth-order valence-corrected chi connectivity index (χ4v) is 3.09. The van der Waals surface area contributed by atoms with Gasteiger partial charge in [-0.05, 0) is 54.1 Å². The van der Waals surface area contributed by atoms with E-state index in [1.165, 1.54) is 24.3 Å². The highest BCUT2D eigenvalue weighted by atomic mass is 32.2. The first-order valence-electron chi connectivity index (χ1n) is 8.11. The lowest BCUT2D eigenvalue weighted by Crippen LogP contribution is -2.32. The number of carboxylic acid groups (broad SMARTS) is 1. The van der Waals surface area contributed by atoms with Crippen LogP contribution in [-0.2, 0) is 16.0 Å². The number of aliphatic carboxylic acids is 1. The van der Waals surface area contributed by atoms with Gasteiger partial charge in [-0.15, -0.1) is 0 Å². The maximum Gasteiger partial charge on any atom is 0.320 e. The molecule has 2 amide bonds. The fraction of sp³-hybridized carbons (Fsp3) is 0.105. The molecule has 28 heavy (non-hydrogen) atoms. The number of rotatable bonds is 6. The Labute approximate surface area is 163 Å². The number of amides is 2. The van der Waals surface area contributed by atoms with Gasteiger partial charge in [-0.1, -0.05) is 12.1 Å². The molecule has 9 heteroatoms. The molecule has 0 aromatic heterocycles. The Balaban J connectivity index is 1.69. The van der Waals surface area contributed by atoms with E-state index >= 15 is 0 Å². The number of benzene rings is 2. The maximum absolute atomic E-state index is 14.3. The first kappa shape index (κ1) is 19.6. The Morgan fingerprint density at radius 3 is 2.46 bits per heavy atom. The molecule has 3 rings (SSSR count). The van der Waals surface area contributed by atoms with Crippen LogP contribution >= 0.6 is 11.8 Å². The minimum absolute atomic E-state index is 0.118. The number of thioether (sulfide) groups is 1. The first-order valence-corrected chi connectivity index (χ1v) is 8.93. The van der Waals surface area contributed by atoms with Crippen LogP contribution in [0.25, 0.3) is 6.08 Å². The standard InChI is InChI=1S/C19H15FN2O5S/c20-14-9-13(6-3-11(14)8-16-17(23)22-19(26)28-16)27-12-4-1-10(2-5-12)7-15(21)18(24)25/h1-6,8-9,15H,7,21H2,(H,24,25)(H,22,23,26). The number of halogens is 1. The van der Waals surface area contributed by atoms with E-state index in [1.807, 2.05) is 0 Å². The molecule has 4 N–H and O–H groups in total. The Morgan fingerprint density at radius 1 is 1.21 bits per heavy atom. The van der Waals surface area contributed by atoms with E-state index in [4.69, 9.17) is 15.6 Å². The van der Waals surface area contributed by atoms with E-state index in [0.717, 1.165) is 5.56 Å². The average molecular weight is 402 g/mol. The molecule has 0 aliphatic carbocycles. The van der Waals surface area contributed by atoms with Gasteiger partial charge in [0.25, 0.3) is 11.1 Å². The summed E-state index contributed by atoms with van der Waals surface area (Å²) in [6.45, 7) is 0. The van der Waals surface area contributed by atoms with Crippen LogP contribution in [0.3, 0.4) is 0 Å². The third-order valence-corrected chi connectivity index (χ3v) is 4.64. The van der Waals surface area contributed by atoms with E-state index < -0.39 is 29.0 Å². The molecule has 1 saturated heterocycles. The van der Waals surface area contributed by atoms with Gasteiger partial charge in [0, 0.05) is 11.6 Å². The number of ether oxygens (including phenoxy) is 1. The number of hydrogen-bond donors (Lipinski definition) is 3. The van der Waals surface area contributed by atoms with Gasteiger partial charge in [0.1, 0.15) is 23.4 Å². The minimum atomic E-state index is -1.08. The van der Waals surface area contributed by atoms with E-state index in [1.54, 1.807) is 24.3 Å². The predicted octanol–water partition coefficient (Wildman–Crippen LogP) is 2.90. The van der Waals surface area contributed by atoms with E-state index in [2.05, 4.69) is 5.32 Å². The third kappa shape index (κ3) is 4.76. The summed E-state index contributed by atoms with van der Waals surface area (Å²) >= 11 is 0.709. The summed E-state index contributed by atoms with van der Waals surface area (Å²) in [6, 6.07) is 9.77. The molecule has 1 fully saturated rings. The van der Waals surface area contributed by atoms with Crippen LogP contribution in [0, 0.1) is 5.82 Å². The molecule has 144 valence electrons. The van der Waals surface area contributed by atoms with Crippen LogP contribution in [0.2, 0.25) is 0 Å². The summed E-state index contributed by atoms with van der Waals surface area (Å²) in [4.78, 5) is 33.6. The highest BCUT2D eigenvalue weighted by molar-refractivity contribution is 8.18. The van der Waals surface area contributed by atoms with Crippen LogP contribution in [0.1, 0.15) is 11.1 Å². The molecule has 1 heterocycles. The van der Waals surface area contributed by atoms with Gasteiger partial charge in [-0.2, -0.15) is 0 Å². The van der Waals surface area contributed by atoms with Gasteiger partial charge < -0.3 is 15.6 Å². The molecule has 2 aromatic carbocycles. The molecule has 0 bridgehead atoms. The zero-order valence-corrected chi connectivity index (χ0v) is 15.2. The molecule has 0 saturated carbocycles.